The lowest BCUT2D eigenvalue weighted by Gasteiger charge is -2.07. The summed E-state index contributed by atoms with van der Waals surface area (Å²) in [6.45, 7) is 0.474. The maximum absolute atomic E-state index is 14.8. The van der Waals surface area contributed by atoms with Gasteiger partial charge < -0.3 is 0 Å². The molecule has 0 saturated heterocycles. The van der Waals surface area contributed by atoms with Crippen molar-refractivity contribution >= 4 is 44.4 Å². The summed E-state index contributed by atoms with van der Waals surface area (Å²) < 4.78 is 16.5. The number of hydrogen-bond donors (Lipinski definition) is 1. The molecule has 4 aromatic heterocycles. The molecule has 0 saturated carbocycles. The number of benzene rings is 2. The molecule has 170 valence electrons. The zero-order valence-corrected chi connectivity index (χ0v) is 18.9. The molecular weight excluding hydrogens is 465 g/mol. The minimum atomic E-state index is -0.644. The van der Waals surface area contributed by atoms with Gasteiger partial charge in [0, 0.05) is 28.7 Å². The van der Waals surface area contributed by atoms with Crippen molar-refractivity contribution in [2.24, 2.45) is 0 Å². The molecule has 0 aliphatic carbocycles. The molecule has 0 atom stereocenters. The van der Waals surface area contributed by atoms with Crippen molar-refractivity contribution in [3.63, 3.8) is 0 Å². The maximum Gasteiger partial charge on any atom is 0.260 e. The number of carbonyl (C=O) groups excluding carboxylic acids is 1. The van der Waals surface area contributed by atoms with Gasteiger partial charge in [-0.2, -0.15) is 0 Å². The van der Waals surface area contributed by atoms with E-state index < -0.39 is 11.7 Å². The molecule has 1 amide bonds. The molecule has 0 fully saturated rings. The highest BCUT2D eigenvalue weighted by Gasteiger charge is 2.16. The first-order chi connectivity index (χ1) is 17.1. The number of rotatable bonds is 5. The van der Waals surface area contributed by atoms with Gasteiger partial charge in [0.05, 0.1) is 23.3 Å². The molecule has 8 nitrogen and oxygen atoms in total. The number of nitrogens with one attached hydrogen (secondary N) is 1. The van der Waals surface area contributed by atoms with E-state index in [2.05, 4.69) is 31.7 Å². The largest absolute Gasteiger partial charge is 0.298 e. The van der Waals surface area contributed by atoms with Crippen LogP contribution in [0.1, 0.15) is 15.9 Å². The number of hydrogen-bond acceptors (Lipinski definition) is 7. The smallest absolute Gasteiger partial charge is 0.260 e. The second-order valence-corrected chi connectivity index (χ2v) is 8.70. The first-order valence-corrected chi connectivity index (χ1v) is 11.6. The molecule has 0 unspecified atom stereocenters. The van der Waals surface area contributed by atoms with E-state index in [1.807, 2.05) is 24.3 Å². The van der Waals surface area contributed by atoms with Crippen LogP contribution in [-0.2, 0) is 6.54 Å². The van der Waals surface area contributed by atoms with Crippen molar-refractivity contribution in [3.05, 3.63) is 95.4 Å². The van der Waals surface area contributed by atoms with Gasteiger partial charge in [0.1, 0.15) is 11.3 Å². The fraction of sp³-hybridized carbons (Fsp3) is 0.0400. The van der Waals surface area contributed by atoms with Gasteiger partial charge in [-0.25, -0.2) is 19.0 Å². The minimum Gasteiger partial charge on any atom is -0.298 e. The van der Waals surface area contributed by atoms with Crippen molar-refractivity contribution in [2.75, 3.05) is 5.32 Å². The van der Waals surface area contributed by atoms with Crippen LogP contribution in [0.15, 0.2) is 78.4 Å². The summed E-state index contributed by atoms with van der Waals surface area (Å²) in [6, 6.07) is 17.9. The van der Waals surface area contributed by atoms with E-state index in [0.717, 1.165) is 16.5 Å². The predicted molar refractivity (Wildman–Crippen MR) is 132 cm³/mol. The summed E-state index contributed by atoms with van der Waals surface area (Å²) in [5.41, 5.74) is 4.20. The summed E-state index contributed by atoms with van der Waals surface area (Å²) in [5.74, 6) is -1.20. The zero-order chi connectivity index (χ0) is 23.8. The zero-order valence-electron chi connectivity index (χ0n) is 18.1. The minimum absolute atomic E-state index is 0.0671. The summed E-state index contributed by atoms with van der Waals surface area (Å²) in [7, 11) is 0. The number of fused-ring (bicyclic) bond motifs is 2. The lowest BCUT2D eigenvalue weighted by atomic mass is 10.1. The third-order valence-corrected chi connectivity index (χ3v) is 6.21. The highest BCUT2D eigenvalue weighted by atomic mass is 32.1. The Balaban J connectivity index is 1.29. The first kappa shape index (κ1) is 21.0. The van der Waals surface area contributed by atoms with E-state index in [4.69, 9.17) is 4.98 Å². The Morgan fingerprint density at radius 2 is 1.91 bits per heavy atom. The number of carbonyl (C=O) groups is 1. The third kappa shape index (κ3) is 4.11. The molecule has 0 aliphatic rings. The molecule has 6 rings (SSSR count). The normalized spacial score (nSPS) is 11.2. The van der Waals surface area contributed by atoms with Crippen LogP contribution in [0.25, 0.3) is 33.3 Å². The number of amides is 1. The van der Waals surface area contributed by atoms with Crippen molar-refractivity contribution in [3.8, 4) is 11.3 Å². The van der Waals surface area contributed by atoms with Crippen LogP contribution < -0.4 is 5.32 Å². The highest BCUT2D eigenvalue weighted by molar-refractivity contribution is 7.13. The van der Waals surface area contributed by atoms with Crippen LogP contribution in [0, 0.1) is 5.82 Å². The summed E-state index contributed by atoms with van der Waals surface area (Å²) >= 11 is 1.26. The first-order valence-electron chi connectivity index (χ1n) is 10.7. The molecule has 0 radical (unpaired) electrons. The van der Waals surface area contributed by atoms with Crippen LogP contribution in [0.2, 0.25) is 0 Å². The lowest BCUT2D eigenvalue weighted by molar-refractivity contribution is 0.102. The Hall–Kier alpha value is -4.57. The van der Waals surface area contributed by atoms with Gasteiger partial charge in [-0.05, 0) is 48.0 Å². The van der Waals surface area contributed by atoms with E-state index in [0.29, 0.717) is 34.1 Å². The summed E-state index contributed by atoms with van der Waals surface area (Å²) in [4.78, 5) is 25.4. The van der Waals surface area contributed by atoms with Gasteiger partial charge in [0.2, 0.25) is 0 Å². The average Bonchev–Trinajstić information content (AvgIpc) is 3.53. The van der Waals surface area contributed by atoms with E-state index in [1.165, 1.54) is 23.5 Å². The van der Waals surface area contributed by atoms with E-state index in [1.54, 1.807) is 40.7 Å². The van der Waals surface area contributed by atoms with Crippen molar-refractivity contribution in [2.45, 2.75) is 6.54 Å². The Kier molecular flexibility index (Phi) is 5.19. The Bertz CT molecular complexity index is 1700. The van der Waals surface area contributed by atoms with Crippen LogP contribution in [0.5, 0.6) is 0 Å². The molecule has 6 aromatic rings. The van der Waals surface area contributed by atoms with Crippen molar-refractivity contribution in [1.29, 1.82) is 0 Å². The molecular formula is C25H16FN7OS. The van der Waals surface area contributed by atoms with Gasteiger partial charge in [-0.3, -0.25) is 15.1 Å². The van der Waals surface area contributed by atoms with Crippen molar-refractivity contribution in [1.82, 2.24) is 29.9 Å². The lowest BCUT2D eigenvalue weighted by Crippen LogP contribution is -2.13. The maximum atomic E-state index is 14.8. The standard InChI is InChI=1S/C25H16FN7OS/c26-19-13-17(4-5-18(19)24(34)30-25-28-10-11-35-25)21-7-8-22-23(29-21)33(32-31-22)14-15-3-6-20-16(12-15)2-1-9-27-20/h1-13H,14H2,(H,28,30,34). The SMILES string of the molecule is O=C(Nc1nccs1)c1ccc(-c2ccc3nnn(Cc4ccc5ncccc5c4)c3n2)cc1F. The topological polar surface area (TPSA) is 98.5 Å². The fourth-order valence-corrected chi connectivity index (χ4v) is 4.35. The molecule has 0 bridgehead atoms. The van der Waals surface area contributed by atoms with Crippen LogP contribution in [-0.4, -0.2) is 35.9 Å². The number of halogens is 1. The molecule has 35 heavy (non-hydrogen) atoms. The second-order valence-electron chi connectivity index (χ2n) is 7.80. The Labute approximate surface area is 202 Å². The van der Waals surface area contributed by atoms with Crippen LogP contribution >= 0.6 is 11.3 Å². The molecule has 0 aliphatic heterocycles. The average molecular weight is 482 g/mol. The van der Waals surface area contributed by atoms with Crippen LogP contribution in [0.3, 0.4) is 0 Å². The van der Waals surface area contributed by atoms with Gasteiger partial charge in [-0.15, -0.1) is 16.4 Å². The highest BCUT2D eigenvalue weighted by Crippen LogP contribution is 2.24. The Morgan fingerprint density at radius 1 is 1.00 bits per heavy atom. The number of thiazole rings is 1. The predicted octanol–water partition coefficient (Wildman–Crippen LogP) is 4.94. The van der Waals surface area contributed by atoms with Gasteiger partial charge in [0.25, 0.3) is 5.91 Å². The molecule has 0 spiro atoms. The number of anilines is 1. The fourth-order valence-electron chi connectivity index (χ4n) is 3.83. The van der Waals surface area contributed by atoms with E-state index in [-0.39, 0.29) is 5.56 Å². The monoisotopic (exact) mass is 481 g/mol. The second kappa shape index (κ2) is 8.65. The van der Waals surface area contributed by atoms with E-state index >= 15 is 0 Å². The van der Waals surface area contributed by atoms with Gasteiger partial charge in [-0.1, -0.05) is 23.4 Å². The number of aromatic nitrogens is 6. The number of pyridine rings is 2. The molecule has 1 N–H and O–H groups in total. The number of nitrogens with zero attached hydrogens (tertiary/aromatic N) is 6. The molecule has 4 heterocycles. The summed E-state index contributed by atoms with van der Waals surface area (Å²) in [6.07, 6.45) is 3.33. The Morgan fingerprint density at radius 3 is 2.77 bits per heavy atom. The molecule has 2 aromatic carbocycles. The van der Waals surface area contributed by atoms with Gasteiger partial charge >= 0.3 is 0 Å². The van der Waals surface area contributed by atoms with Gasteiger partial charge in [0.15, 0.2) is 10.8 Å². The summed E-state index contributed by atoms with van der Waals surface area (Å²) in [5, 5.41) is 14.2. The van der Waals surface area contributed by atoms with E-state index in [9.17, 15) is 9.18 Å². The van der Waals surface area contributed by atoms with Crippen LogP contribution in [0.4, 0.5) is 9.52 Å². The van der Waals surface area contributed by atoms with Crippen molar-refractivity contribution < 1.29 is 9.18 Å². The quantitative estimate of drug-likeness (QED) is 0.375. The third-order valence-electron chi connectivity index (χ3n) is 5.52. The molecule has 10 heteroatoms.